The molecule has 6 heteroatoms. The van der Waals surface area contributed by atoms with E-state index in [1.165, 1.54) is 0 Å². The van der Waals surface area contributed by atoms with Gasteiger partial charge in [-0.05, 0) is 46.6 Å². The van der Waals surface area contributed by atoms with Crippen molar-refractivity contribution < 1.29 is 13.2 Å². The molecule has 1 aromatic heterocycles. The first-order valence-electron chi connectivity index (χ1n) is 5.99. The summed E-state index contributed by atoms with van der Waals surface area (Å²) in [5.41, 5.74) is 0. The van der Waals surface area contributed by atoms with Crippen LogP contribution in [0.25, 0.3) is 0 Å². The molecule has 18 heavy (non-hydrogen) atoms. The number of thiophene rings is 1. The Morgan fingerprint density at radius 2 is 2.17 bits per heavy atom. The molecule has 102 valence electrons. The second-order valence-electron chi connectivity index (χ2n) is 4.67. The maximum absolute atomic E-state index is 12.7. The average Bonchev–Trinajstić information content (AvgIpc) is 2.72. The lowest BCUT2D eigenvalue weighted by Crippen LogP contribution is -2.38. The number of nitrogens with one attached hydrogen (secondary N) is 1. The van der Waals surface area contributed by atoms with E-state index < -0.39 is 12.1 Å². The molecule has 2 unspecified atom stereocenters. The van der Waals surface area contributed by atoms with Gasteiger partial charge in [0, 0.05) is 21.9 Å². The van der Waals surface area contributed by atoms with Gasteiger partial charge in [-0.25, -0.2) is 0 Å². The summed E-state index contributed by atoms with van der Waals surface area (Å²) in [5, 5.41) is 5.22. The summed E-state index contributed by atoms with van der Waals surface area (Å²) in [4.78, 5) is 1.14. The largest absolute Gasteiger partial charge is 0.391 e. The van der Waals surface area contributed by atoms with Gasteiger partial charge in [0.1, 0.15) is 0 Å². The fourth-order valence-electron chi connectivity index (χ4n) is 2.36. The van der Waals surface area contributed by atoms with Gasteiger partial charge in [0.15, 0.2) is 0 Å². The third kappa shape index (κ3) is 3.71. The van der Waals surface area contributed by atoms with E-state index in [1.807, 2.05) is 11.4 Å². The average molecular weight is 342 g/mol. The number of hydrogen-bond donors (Lipinski definition) is 1. The van der Waals surface area contributed by atoms with Crippen molar-refractivity contribution in [3.63, 3.8) is 0 Å². The maximum atomic E-state index is 12.7. The lowest BCUT2D eigenvalue weighted by molar-refractivity contribution is -0.183. The van der Waals surface area contributed by atoms with Crippen molar-refractivity contribution in [2.45, 2.75) is 44.4 Å². The lowest BCUT2D eigenvalue weighted by Gasteiger charge is -2.31. The third-order valence-electron chi connectivity index (χ3n) is 3.38. The molecule has 0 amide bonds. The van der Waals surface area contributed by atoms with Crippen molar-refractivity contribution in [3.05, 3.63) is 20.8 Å². The highest BCUT2D eigenvalue weighted by molar-refractivity contribution is 9.10. The minimum atomic E-state index is -4.04. The first kappa shape index (κ1) is 14.3. The van der Waals surface area contributed by atoms with Crippen LogP contribution in [-0.4, -0.2) is 12.2 Å². The van der Waals surface area contributed by atoms with Crippen LogP contribution in [0.4, 0.5) is 13.2 Å². The van der Waals surface area contributed by atoms with Crippen LogP contribution in [0.15, 0.2) is 15.9 Å². The maximum Gasteiger partial charge on any atom is 0.391 e. The van der Waals surface area contributed by atoms with Crippen LogP contribution >= 0.6 is 27.3 Å². The smallest absolute Gasteiger partial charge is 0.309 e. The molecular formula is C12H15BrF3NS. The van der Waals surface area contributed by atoms with Crippen molar-refractivity contribution in [2.75, 3.05) is 0 Å². The van der Waals surface area contributed by atoms with E-state index in [2.05, 4.69) is 21.2 Å². The zero-order valence-electron chi connectivity index (χ0n) is 9.77. The predicted molar refractivity (Wildman–Crippen MR) is 70.7 cm³/mol. The summed E-state index contributed by atoms with van der Waals surface area (Å²) < 4.78 is 39.0. The van der Waals surface area contributed by atoms with Gasteiger partial charge in [-0.15, -0.1) is 11.3 Å². The highest BCUT2D eigenvalue weighted by Crippen LogP contribution is 2.37. The van der Waals surface area contributed by atoms with Crippen molar-refractivity contribution in [1.29, 1.82) is 0 Å². The van der Waals surface area contributed by atoms with E-state index in [-0.39, 0.29) is 18.9 Å². The summed E-state index contributed by atoms with van der Waals surface area (Å²) >= 11 is 5.04. The summed E-state index contributed by atoms with van der Waals surface area (Å²) in [5.74, 6) is -1.13. The Bertz CT molecular complexity index is 391. The molecule has 1 fully saturated rings. The van der Waals surface area contributed by atoms with Crippen LogP contribution in [0.2, 0.25) is 0 Å². The molecule has 1 aromatic rings. The normalized spacial score (nSPS) is 25.3. The molecule has 1 aliphatic carbocycles. The molecule has 0 aromatic carbocycles. The fourth-order valence-corrected chi connectivity index (χ4v) is 3.80. The topological polar surface area (TPSA) is 12.0 Å². The van der Waals surface area contributed by atoms with Crippen molar-refractivity contribution in [2.24, 2.45) is 5.92 Å². The Labute approximate surface area is 117 Å². The molecule has 1 N–H and O–H groups in total. The van der Waals surface area contributed by atoms with Gasteiger partial charge in [0.2, 0.25) is 0 Å². The predicted octanol–water partition coefficient (Wildman–Crippen LogP) is 4.72. The number of halogens is 4. The Hall–Kier alpha value is -0.0700. The van der Waals surface area contributed by atoms with Crippen molar-refractivity contribution >= 4 is 27.3 Å². The molecule has 2 rings (SSSR count). The molecule has 2 atom stereocenters. The third-order valence-corrected chi connectivity index (χ3v) is 5.31. The highest BCUT2D eigenvalue weighted by atomic mass is 79.9. The minimum Gasteiger partial charge on any atom is -0.309 e. The van der Waals surface area contributed by atoms with Gasteiger partial charge in [0.05, 0.1) is 5.92 Å². The molecule has 0 radical (unpaired) electrons. The van der Waals surface area contributed by atoms with Crippen molar-refractivity contribution in [1.82, 2.24) is 5.32 Å². The van der Waals surface area contributed by atoms with Crippen LogP contribution in [0.1, 0.15) is 30.6 Å². The molecule has 0 spiro atoms. The van der Waals surface area contributed by atoms with Gasteiger partial charge >= 0.3 is 6.18 Å². The second kappa shape index (κ2) is 5.92. The second-order valence-corrected chi connectivity index (χ2v) is 6.53. The highest BCUT2D eigenvalue weighted by Gasteiger charge is 2.41. The van der Waals surface area contributed by atoms with Gasteiger partial charge < -0.3 is 5.32 Å². The van der Waals surface area contributed by atoms with Crippen molar-refractivity contribution in [3.8, 4) is 0 Å². The van der Waals surface area contributed by atoms with E-state index in [1.54, 1.807) is 11.3 Å². The summed E-state index contributed by atoms with van der Waals surface area (Å²) in [7, 11) is 0. The molecule has 1 aliphatic rings. The molecule has 0 saturated heterocycles. The number of alkyl halides is 3. The van der Waals surface area contributed by atoms with Crippen LogP contribution in [0.5, 0.6) is 0 Å². The van der Waals surface area contributed by atoms with Crippen LogP contribution in [-0.2, 0) is 6.54 Å². The molecule has 0 bridgehead atoms. The van der Waals surface area contributed by atoms with Gasteiger partial charge in [-0.3, -0.25) is 0 Å². The molecule has 1 saturated carbocycles. The Morgan fingerprint density at radius 3 is 2.78 bits per heavy atom. The van der Waals surface area contributed by atoms with E-state index in [0.29, 0.717) is 13.0 Å². The summed E-state index contributed by atoms with van der Waals surface area (Å²) in [6, 6.07) is 1.94. The van der Waals surface area contributed by atoms with Crippen LogP contribution < -0.4 is 5.32 Å². The standard InChI is InChI=1S/C12H15BrF3NS/c13-10-4-5-18-11(10)7-17-9-3-1-2-8(6-9)12(14,15)16/h4-5,8-9,17H,1-3,6-7H2. The Kier molecular flexibility index (Phi) is 4.72. The molecular weight excluding hydrogens is 327 g/mol. The summed E-state index contributed by atoms with van der Waals surface area (Å²) in [6.07, 6.45) is -2.04. The molecule has 1 nitrogen and oxygen atoms in total. The summed E-state index contributed by atoms with van der Waals surface area (Å²) in [6.45, 7) is 0.646. The van der Waals surface area contributed by atoms with Crippen LogP contribution in [0.3, 0.4) is 0 Å². The van der Waals surface area contributed by atoms with Gasteiger partial charge in [0.25, 0.3) is 0 Å². The van der Waals surface area contributed by atoms with E-state index >= 15 is 0 Å². The molecule has 1 heterocycles. The van der Waals surface area contributed by atoms with Gasteiger partial charge in [-0.2, -0.15) is 13.2 Å². The monoisotopic (exact) mass is 341 g/mol. The zero-order valence-corrected chi connectivity index (χ0v) is 12.2. The van der Waals surface area contributed by atoms with E-state index in [9.17, 15) is 13.2 Å². The SMILES string of the molecule is FC(F)(F)C1CCCC(NCc2sccc2Br)C1. The minimum absolute atomic E-state index is 0.0145. The lowest BCUT2D eigenvalue weighted by atomic mass is 9.85. The number of hydrogen-bond acceptors (Lipinski definition) is 2. The number of rotatable bonds is 3. The van der Waals surface area contributed by atoms with E-state index in [0.717, 1.165) is 15.8 Å². The van der Waals surface area contributed by atoms with Crippen LogP contribution in [0, 0.1) is 5.92 Å². The Morgan fingerprint density at radius 1 is 1.39 bits per heavy atom. The quantitative estimate of drug-likeness (QED) is 0.838. The van der Waals surface area contributed by atoms with Gasteiger partial charge in [-0.1, -0.05) is 6.42 Å². The molecule has 0 aliphatic heterocycles. The first-order chi connectivity index (χ1) is 8.47. The first-order valence-corrected chi connectivity index (χ1v) is 7.66. The van der Waals surface area contributed by atoms with E-state index in [4.69, 9.17) is 0 Å². The zero-order chi connectivity index (χ0) is 13.2. The Balaban J connectivity index is 1.85. The fraction of sp³-hybridized carbons (Fsp3) is 0.667.